The number of carbonyl (C=O) groups is 1. The number of hydrogen-bond acceptors (Lipinski definition) is 4. The monoisotopic (exact) mass is 278 g/mol. The smallest absolute Gasteiger partial charge is 0.305 e. The van der Waals surface area contributed by atoms with Crippen LogP contribution in [0.2, 0.25) is 0 Å². The molecule has 0 spiro atoms. The van der Waals surface area contributed by atoms with E-state index in [0.717, 1.165) is 12.0 Å². The molecule has 0 saturated carbocycles. The van der Waals surface area contributed by atoms with Crippen LogP contribution in [0.4, 0.5) is 0 Å². The van der Waals surface area contributed by atoms with E-state index in [1.165, 1.54) is 0 Å². The van der Waals surface area contributed by atoms with Gasteiger partial charge in [-0.25, -0.2) is 0 Å². The molecule has 1 atom stereocenters. The third kappa shape index (κ3) is 3.38. The molecule has 1 saturated heterocycles. The van der Waals surface area contributed by atoms with Gasteiger partial charge in [0.2, 0.25) is 0 Å². The van der Waals surface area contributed by atoms with Crippen molar-refractivity contribution in [3.8, 4) is 0 Å². The second-order valence-electron chi connectivity index (χ2n) is 5.56. The molecule has 0 aliphatic carbocycles. The van der Waals surface area contributed by atoms with Gasteiger partial charge in [-0.05, 0) is 25.8 Å². The Morgan fingerprint density at radius 1 is 1.30 bits per heavy atom. The Morgan fingerprint density at radius 2 is 2.00 bits per heavy atom. The van der Waals surface area contributed by atoms with Crippen molar-refractivity contribution in [3.05, 3.63) is 35.9 Å². The molecule has 2 rings (SSSR count). The van der Waals surface area contributed by atoms with E-state index in [1.807, 2.05) is 51.1 Å². The molecule has 0 bridgehead atoms. The number of hydrogen-bond donors (Lipinski definition) is 0. The van der Waals surface area contributed by atoms with Gasteiger partial charge in [0.05, 0.1) is 6.61 Å². The zero-order chi connectivity index (χ0) is 14.6. The van der Waals surface area contributed by atoms with Crippen LogP contribution >= 0.6 is 0 Å². The highest BCUT2D eigenvalue weighted by Gasteiger charge is 2.47. The molecule has 1 heterocycles. The molecule has 0 N–H and O–H groups in total. The molecular weight excluding hydrogens is 256 g/mol. The van der Waals surface area contributed by atoms with Gasteiger partial charge in [-0.1, -0.05) is 37.3 Å². The second-order valence-corrected chi connectivity index (χ2v) is 5.56. The first-order valence-corrected chi connectivity index (χ1v) is 7.03. The molecule has 1 aliphatic rings. The third-order valence-electron chi connectivity index (χ3n) is 3.31. The van der Waals surface area contributed by atoms with Gasteiger partial charge in [-0.2, -0.15) is 0 Å². The predicted molar refractivity (Wildman–Crippen MR) is 75.1 cm³/mol. The molecule has 1 aliphatic heterocycles. The summed E-state index contributed by atoms with van der Waals surface area (Å²) < 4.78 is 17.1. The van der Waals surface area contributed by atoms with Crippen LogP contribution in [-0.2, 0) is 24.6 Å². The lowest BCUT2D eigenvalue weighted by atomic mass is 9.95. The average Bonchev–Trinajstić information content (AvgIpc) is 2.75. The van der Waals surface area contributed by atoms with Crippen molar-refractivity contribution in [2.75, 3.05) is 13.2 Å². The molecule has 0 aromatic heterocycles. The normalized spacial score (nSPS) is 24.6. The van der Waals surface area contributed by atoms with Crippen molar-refractivity contribution in [1.29, 1.82) is 0 Å². The van der Waals surface area contributed by atoms with Gasteiger partial charge in [0, 0.05) is 6.42 Å². The number of rotatable bonds is 5. The minimum absolute atomic E-state index is 0.180. The van der Waals surface area contributed by atoms with Gasteiger partial charge in [-0.15, -0.1) is 0 Å². The molecule has 1 unspecified atom stereocenters. The number of carbonyl (C=O) groups excluding carboxylic acids is 1. The molecule has 0 amide bonds. The van der Waals surface area contributed by atoms with E-state index in [9.17, 15) is 4.79 Å². The summed E-state index contributed by atoms with van der Waals surface area (Å²) >= 11 is 0. The zero-order valence-corrected chi connectivity index (χ0v) is 12.3. The summed E-state index contributed by atoms with van der Waals surface area (Å²) in [4.78, 5) is 11.6. The molecule has 4 heteroatoms. The largest absolute Gasteiger partial charge is 0.462 e. The zero-order valence-electron chi connectivity index (χ0n) is 12.3. The fourth-order valence-electron chi connectivity index (χ4n) is 2.33. The summed E-state index contributed by atoms with van der Waals surface area (Å²) in [6.07, 6.45) is 1.20. The maximum absolute atomic E-state index is 11.6. The van der Waals surface area contributed by atoms with Gasteiger partial charge in [0.25, 0.3) is 0 Å². The van der Waals surface area contributed by atoms with Crippen LogP contribution in [0.15, 0.2) is 30.3 Å². The van der Waals surface area contributed by atoms with E-state index in [0.29, 0.717) is 13.0 Å². The molecule has 1 aromatic rings. The SMILES string of the molecule is CCCC(=O)OCC1(c2ccccc2)COC(C)(C)O1. The van der Waals surface area contributed by atoms with Crippen molar-refractivity contribution in [2.24, 2.45) is 0 Å². The van der Waals surface area contributed by atoms with Crippen LogP contribution in [0, 0.1) is 0 Å². The van der Waals surface area contributed by atoms with E-state index in [-0.39, 0.29) is 12.6 Å². The fourth-order valence-corrected chi connectivity index (χ4v) is 2.33. The van der Waals surface area contributed by atoms with Gasteiger partial charge in [-0.3, -0.25) is 4.79 Å². The first-order chi connectivity index (χ1) is 9.47. The lowest BCUT2D eigenvalue weighted by Gasteiger charge is -2.29. The highest BCUT2D eigenvalue weighted by molar-refractivity contribution is 5.69. The van der Waals surface area contributed by atoms with Crippen LogP contribution in [0.5, 0.6) is 0 Å². The summed E-state index contributed by atoms with van der Waals surface area (Å²) in [5.41, 5.74) is 0.253. The number of esters is 1. The molecule has 1 aromatic carbocycles. The maximum Gasteiger partial charge on any atom is 0.305 e. The van der Waals surface area contributed by atoms with Crippen molar-refractivity contribution in [2.45, 2.75) is 45.0 Å². The van der Waals surface area contributed by atoms with E-state index in [2.05, 4.69) is 0 Å². The first-order valence-electron chi connectivity index (χ1n) is 7.03. The standard InChI is InChI=1S/C16H22O4/c1-4-8-14(17)18-11-16(12-19-15(2,3)20-16)13-9-6-5-7-10-13/h5-7,9-10H,4,8,11-12H2,1-3H3. The van der Waals surface area contributed by atoms with Gasteiger partial charge < -0.3 is 14.2 Å². The first kappa shape index (κ1) is 15.0. The molecule has 20 heavy (non-hydrogen) atoms. The lowest BCUT2D eigenvalue weighted by Crippen LogP contribution is -2.37. The highest BCUT2D eigenvalue weighted by Crippen LogP contribution is 2.39. The van der Waals surface area contributed by atoms with Crippen LogP contribution in [0.25, 0.3) is 0 Å². The van der Waals surface area contributed by atoms with Gasteiger partial charge in [0.1, 0.15) is 6.61 Å². The van der Waals surface area contributed by atoms with E-state index in [4.69, 9.17) is 14.2 Å². The van der Waals surface area contributed by atoms with E-state index < -0.39 is 11.4 Å². The quantitative estimate of drug-likeness (QED) is 0.777. The Morgan fingerprint density at radius 3 is 2.55 bits per heavy atom. The Balaban J connectivity index is 2.16. The molecule has 0 radical (unpaired) electrons. The van der Waals surface area contributed by atoms with Crippen LogP contribution in [-0.4, -0.2) is 25.0 Å². The molecule has 110 valence electrons. The predicted octanol–water partition coefficient (Wildman–Crippen LogP) is 3.01. The Hall–Kier alpha value is -1.39. The van der Waals surface area contributed by atoms with E-state index in [1.54, 1.807) is 0 Å². The summed E-state index contributed by atoms with van der Waals surface area (Å²) in [6.45, 7) is 6.24. The van der Waals surface area contributed by atoms with Crippen LogP contribution in [0.1, 0.15) is 39.2 Å². The van der Waals surface area contributed by atoms with Crippen molar-refractivity contribution in [3.63, 3.8) is 0 Å². The third-order valence-corrected chi connectivity index (χ3v) is 3.31. The maximum atomic E-state index is 11.6. The summed E-state index contributed by atoms with van der Waals surface area (Å²) in [6, 6.07) is 9.78. The van der Waals surface area contributed by atoms with Crippen molar-refractivity contribution >= 4 is 5.97 Å². The number of benzene rings is 1. The van der Waals surface area contributed by atoms with Crippen LogP contribution in [0.3, 0.4) is 0 Å². The lowest BCUT2D eigenvalue weighted by molar-refractivity contribution is -0.182. The summed E-state index contributed by atoms with van der Waals surface area (Å²) in [7, 11) is 0. The Labute approximate surface area is 120 Å². The number of ether oxygens (including phenoxy) is 3. The highest BCUT2D eigenvalue weighted by atomic mass is 16.8. The minimum Gasteiger partial charge on any atom is -0.462 e. The topological polar surface area (TPSA) is 44.8 Å². The Bertz CT molecular complexity index is 455. The second kappa shape index (κ2) is 5.94. The van der Waals surface area contributed by atoms with Crippen LogP contribution < -0.4 is 0 Å². The summed E-state index contributed by atoms with van der Waals surface area (Å²) in [5, 5.41) is 0. The van der Waals surface area contributed by atoms with E-state index >= 15 is 0 Å². The fraction of sp³-hybridized carbons (Fsp3) is 0.562. The van der Waals surface area contributed by atoms with Gasteiger partial charge >= 0.3 is 5.97 Å². The average molecular weight is 278 g/mol. The summed E-state index contributed by atoms with van der Waals surface area (Å²) in [5.74, 6) is -0.872. The minimum atomic E-state index is -0.714. The molecule has 4 nitrogen and oxygen atoms in total. The van der Waals surface area contributed by atoms with Gasteiger partial charge in [0.15, 0.2) is 11.4 Å². The molecule has 1 fully saturated rings. The van der Waals surface area contributed by atoms with Crippen molar-refractivity contribution in [1.82, 2.24) is 0 Å². The Kier molecular flexibility index (Phi) is 4.45. The van der Waals surface area contributed by atoms with Crippen molar-refractivity contribution < 1.29 is 19.0 Å². The molecular formula is C16H22O4.